The van der Waals surface area contributed by atoms with E-state index in [1.165, 1.54) is 0 Å². The quantitative estimate of drug-likeness (QED) is 0.924. The molecule has 0 saturated carbocycles. The average molecular weight is 261 g/mol. The zero-order chi connectivity index (χ0) is 13.4. The van der Waals surface area contributed by atoms with Crippen LogP contribution in [-0.4, -0.2) is 19.9 Å². The van der Waals surface area contributed by atoms with Crippen LogP contribution in [0.3, 0.4) is 0 Å². The molecule has 0 bridgehead atoms. The Morgan fingerprint density at radius 1 is 1.42 bits per heavy atom. The molecule has 1 aromatic heterocycles. The van der Waals surface area contributed by atoms with Crippen molar-refractivity contribution in [2.45, 2.75) is 38.1 Å². The third-order valence-corrected chi connectivity index (χ3v) is 3.55. The van der Waals surface area contributed by atoms with Crippen LogP contribution < -0.4 is 0 Å². The predicted octanol–water partition coefficient (Wildman–Crippen LogP) is 2.73. The van der Waals surface area contributed by atoms with E-state index >= 15 is 0 Å². The fourth-order valence-corrected chi connectivity index (χ4v) is 2.47. The molecule has 2 heterocycles. The maximum atomic E-state index is 14.0. The van der Waals surface area contributed by atoms with Gasteiger partial charge < -0.3 is 5.11 Å². The van der Waals surface area contributed by atoms with E-state index in [9.17, 15) is 9.50 Å². The van der Waals surface area contributed by atoms with Gasteiger partial charge in [0.15, 0.2) is 17.8 Å². The van der Waals surface area contributed by atoms with Gasteiger partial charge in [-0.15, -0.1) is 0 Å². The minimum absolute atomic E-state index is 0.128. The summed E-state index contributed by atoms with van der Waals surface area (Å²) in [5.41, 5.74) is 1.02. The van der Waals surface area contributed by atoms with E-state index < -0.39 is 12.3 Å². The molecule has 1 aliphatic rings. The zero-order valence-corrected chi connectivity index (χ0v) is 10.7. The topological polar surface area (TPSA) is 50.9 Å². The largest absolute Gasteiger partial charge is 0.385 e. The summed E-state index contributed by atoms with van der Waals surface area (Å²) in [5.74, 6) is 0.650. The standard InChI is InChI=1S/C14H16FN3O/c1-2-12(19)13-16-14-10(15)8-11(18(14)17-13)9-6-4-3-5-7-9/h3-7,10-12,19H,2,8H2,1H3/t10-,11-,12?/m0/s1. The molecular weight excluding hydrogens is 245 g/mol. The molecule has 19 heavy (non-hydrogen) atoms. The van der Waals surface area contributed by atoms with Crippen LogP contribution >= 0.6 is 0 Å². The second kappa shape index (κ2) is 4.74. The van der Waals surface area contributed by atoms with Gasteiger partial charge in [0.05, 0.1) is 6.04 Å². The first kappa shape index (κ1) is 12.3. The minimum Gasteiger partial charge on any atom is -0.385 e. The number of halogens is 1. The predicted molar refractivity (Wildman–Crippen MR) is 68.3 cm³/mol. The number of aliphatic hydroxyl groups is 1. The Balaban J connectivity index is 1.99. The number of hydrogen-bond donors (Lipinski definition) is 1. The molecule has 1 aliphatic heterocycles. The summed E-state index contributed by atoms with van der Waals surface area (Å²) in [6, 6.07) is 9.59. The number of fused-ring (bicyclic) bond motifs is 1. The summed E-state index contributed by atoms with van der Waals surface area (Å²) in [7, 11) is 0. The number of benzene rings is 1. The van der Waals surface area contributed by atoms with Gasteiger partial charge in [0.25, 0.3) is 0 Å². The SMILES string of the molecule is CCC(O)c1nc2n(n1)[C@H](c1ccccc1)C[C@@H]2F. The Kier molecular flexibility index (Phi) is 3.06. The second-order valence-corrected chi connectivity index (χ2v) is 4.83. The monoisotopic (exact) mass is 261 g/mol. The van der Waals surface area contributed by atoms with E-state index in [-0.39, 0.29) is 6.04 Å². The molecule has 0 amide bonds. The van der Waals surface area contributed by atoms with Gasteiger partial charge in [0.2, 0.25) is 0 Å². The van der Waals surface area contributed by atoms with Crippen molar-refractivity contribution in [3.05, 3.63) is 47.5 Å². The van der Waals surface area contributed by atoms with Crippen molar-refractivity contribution < 1.29 is 9.50 Å². The summed E-state index contributed by atoms with van der Waals surface area (Å²) < 4.78 is 15.6. The first-order valence-electron chi connectivity index (χ1n) is 6.54. The highest BCUT2D eigenvalue weighted by atomic mass is 19.1. The number of rotatable bonds is 3. The molecule has 3 rings (SSSR count). The molecule has 5 heteroatoms. The van der Waals surface area contributed by atoms with Gasteiger partial charge in [-0.3, -0.25) is 0 Å². The van der Waals surface area contributed by atoms with Gasteiger partial charge in [-0.05, 0) is 12.0 Å². The van der Waals surface area contributed by atoms with Crippen LogP contribution in [-0.2, 0) is 0 Å². The van der Waals surface area contributed by atoms with E-state index in [2.05, 4.69) is 10.1 Å². The van der Waals surface area contributed by atoms with Crippen LogP contribution in [0.15, 0.2) is 30.3 Å². The van der Waals surface area contributed by atoms with Crippen molar-refractivity contribution in [2.24, 2.45) is 0 Å². The normalized spacial score (nSPS) is 23.3. The lowest BCUT2D eigenvalue weighted by Gasteiger charge is -2.11. The van der Waals surface area contributed by atoms with Crippen LogP contribution in [0.2, 0.25) is 0 Å². The summed E-state index contributed by atoms with van der Waals surface area (Å²) in [4.78, 5) is 4.15. The molecule has 1 unspecified atom stereocenters. The molecular formula is C14H16FN3O. The lowest BCUT2D eigenvalue weighted by molar-refractivity contribution is 0.162. The maximum Gasteiger partial charge on any atom is 0.179 e. The molecule has 0 spiro atoms. The molecule has 0 fully saturated rings. The Bertz CT molecular complexity index is 569. The molecule has 4 nitrogen and oxygen atoms in total. The van der Waals surface area contributed by atoms with Gasteiger partial charge in [-0.1, -0.05) is 37.3 Å². The molecule has 0 aliphatic carbocycles. The van der Waals surface area contributed by atoms with Crippen LogP contribution in [0.4, 0.5) is 4.39 Å². The van der Waals surface area contributed by atoms with E-state index in [1.54, 1.807) is 4.68 Å². The van der Waals surface area contributed by atoms with Crippen molar-refractivity contribution in [3.8, 4) is 0 Å². The highest BCUT2D eigenvalue weighted by Crippen LogP contribution is 2.39. The number of hydrogen-bond acceptors (Lipinski definition) is 3. The van der Waals surface area contributed by atoms with Crippen molar-refractivity contribution in [1.29, 1.82) is 0 Å². The van der Waals surface area contributed by atoms with Crippen molar-refractivity contribution in [3.63, 3.8) is 0 Å². The smallest absolute Gasteiger partial charge is 0.179 e. The summed E-state index contributed by atoms with van der Waals surface area (Å²) in [5, 5.41) is 14.1. The molecule has 1 N–H and O–H groups in total. The van der Waals surface area contributed by atoms with Gasteiger partial charge in [-0.2, -0.15) is 5.10 Å². The lowest BCUT2D eigenvalue weighted by Crippen LogP contribution is -2.08. The van der Waals surface area contributed by atoms with E-state index in [4.69, 9.17) is 0 Å². The van der Waals surface area contributed by atoms with Gasteiger partial charge in [0, 0.05) is 6.42 Å². The van der Waals surface area contributed by atoms with Crippen LogP contribution in [0.1, 0.15) is 55.3 Å². The van der Waals surface area contributed by atoms with Crippen LogP contribution in [0.25, 0.3) is 0 Å². The number of aromatic nitrogens is 3. The van der Waals surface area contributed by atoms with Crippen LogP contribution in [0.5, 0.6) is 0 Å². The Morgan fingerprint density at radius 3 is 2.84 bits per heavy atom. The average Bonchev–Trinajstić information content (AvgIpc) is 3.00. The second-order valence-electron chi connectivity index (χ2n) is 4.83. The first-order valence-corrected chi connectivity index (χ1v) is 6.54. The third-order valence-electron chi connectivity index (χ3n) is 3.55. The maximum absolute atomic E-state index is 14.0. The minimum atomic E-state index is -1.12. The van der Waals surface area contributed by atoms with E-state index in [0.717, 1.165) is 5.56 Å². The van der Waals surface area contributed by atoms with Crippen molar-refractivity contribution in [1.82, 2.24) is 14.8 Å². The van der Waals surface area contributed by atoms with Crippen molar-refractivity contribution >= 4 is 0 Å². The number of alkyl halides is 1. The molecule has 100 valence electrons. The Morgan fingerprint density at radius 2 is 2.16 bits per heavy atom. The summed E-state index contributed by atoms with van der Waals surface area (Å²) >= 11 is 0. The fraction of sp³-hybridized carbons (Fsp3) is 0.429. The summed E-state index contributed by atoms with van der Waals surface area (Å²) in [6.45, 7) is 1.85. The molecule has 3 atom stereocenters. The van der Waals surface area contributed by atoms with Crippen LogP contribution in [0, 0.1) is 0 Å². The highest BCUT2D eigenvalue weighted by molar-refractivity contribution is 5.23. The van der Waals surface area contributed by atoms with Gasteiger partial charge in [-0.25, -0.2) is 14.1 Å². The molecule has 2 aromatic rings. The van der Waals surface area contributed by atoms with Gasteiger partial charge >= 0.3 is 0 Å². The third kappa shape index (κ3) is 2.04. The molecule has 1 aromatic carbocycles. The number of aliphatic hydroxyl groups excluding tert-OH is 1. The molecule has 0 radical (unpaired) electrons. The fourth-order valence-electron chi connectivity index (χ4n) is 2.47. The van der Waals surface area contributed by atoms with Crippen molar-refractivity contribution in [2.75, 3.05) is 0 Å². The highest BCUT2D eigenvalue weighted by Gasteiger charge is 2.35. The Labute approximate surface area is 110 Å². The lowest BCUT2D eigenvalue weighted by atomic mass is 10.0. The zero-order valence-electron chi connectivity index (χ0n) is 10.7. The van der Waals surface area contributed by atoms with E-state index in [1.807, 2.05) is 37.3 Å². The van der Waals surface area contributed by atoms with Gasteiger partial charge in [0.1, 0.15) is 6.10 Å². The Hall–Kier alpha value is -1.75. The summed E-state index contributed by atoms with van der Waals surface area (Å²) in [6.07, 6.45) is -0.949. The number of nitrogens with zero attached hydrogens (tertiary/aromatic N) is 3. The van der Waals surface area contributed by atoms with E-state index in [0.29, 0.717) is 24.5 Å². The first-order chi connectivity index (χ1) is 9.20. The molecule has 0 saturated heterocycles.